The van der Waals surface area contributed by atoms with E-state index in [9.17, 15) is 4.21 Å². The Morgan fingerprint density at radius 3 is 2.88 bits per heavy atom. The van der Waals surface area contributed by atoms with E-state index < -0.39 is 10.8 Å². The van der Waals surface area contributed by atoms with Crippen LogP contribution in [0, 0.1) is 0 Å². The maximum absolute atomic E-state index is 11.1. The molecule has 2 nitrogen and oxygen atoms in total. The van der Waals surface area contributed by atoms with Crippen LogP contribution in [0.1, 0.15) is 30.0 Å². The summed E-state index contributed by atoms with van der Waals surface area (Å²) in [7, 11) is -0.716. The predicted molar refractivity (Wildman–Crippen MR) is 73.7 cm³/mol. The third-order valence-electron chi connectivity index (χ3n) is 3.30. The minimum atomic E-state index is -0.716. The molecule has 1 N–H and O–H groups in total. The molecule has 1 aromatic carbocycles. The summed E-state index contributed by atoms with van der Waals surface area (Å²) in [5.41, 5.74) is 4.40. The zero-order chi connectivity index (χ0) is 12.3. The second-order valence-electron chi connectivity index (χ2n) is 4.98. The molecule has 0 spiro atoms. The van der Waals surface area contributed by atoms with Crippen LogP contribution in [-0.4, -0.2) is 22.3 Å². The molecule has 94 valence electrons. The summed E-state index contributed by atoms with van der Waals surface area (Å²) in [6, 6.07) is 7.12. The van der Waals surface area contributed by atoms with Crippen molar-refractivity contribution in [1.29, 1.82) is 0 Å². The molecule has 0 heterocycles. The normalized spacial score (nSPS) is 17.8. The highest BCUT2D eigenvalue weighted by Gasteiger charge is 2.11. The molecule has 0 saturated carbocycles. The summed E-state index contributed by atoms with van der Waals surface area (Å²) in [5.74, 6) is 0.727. The van der Waals surface area contributed by atoms with E-state index in [2.05, 4.69) is 30.4 Å². The van der Waals surface area contributed by atoms with Crippen molar-refractivity contribution in [2.75, 3.05) is 12.0 Å². The summed E-state index contributed by atoms with van der Waals surface area (Å²) < 4.78 is 11.1. The van der Waals surface area contributed by atoms with Crippen LogP contribution in [0.25, 0.3) is 0 Å². The van der Waals surface area contributed by atoms with Crippen molar-refractivity contribution in [3.05, 3.63) is 34.9 Å². The maximum Gasteiger partial charge on any atom is 0.0383 e. The molecule has 2 unspecified atom stereocenters. The van der Waals surface area contributed by atoms with Crippen LogP contribution in [0.2, 0.25) is 0 Å². The first-order valence-corrected chi connectivity index (χ1v) is 8.02. The molecule has 0 amide bonds. The van der Waals surface area contributed by atoms with Gasteiger partial charge in [0.05, 0.1) is 0 Å². The molecule has 1 aliphatic rings. The second kappa shape index (κ2) is 5.78. The molecular formula is C14H21NOS. The lowest BCUT2D eigenvalue weighted by Gasteiger charge is -2.13. The Morgan fingerprint density at radius 1 is 1.35 bits per heavy atom. The maximum atomic E-state index is 11.1. The van der Waals surface area contributed by atoms with Crippen LogP contribution >= 0.6 is 0 Å². The Balaban J connectivity index is 1.89. The van der Waals surface area contributed by atoms with Gasteiger partial charge in [-0.3, -0.25) is 4.21 Å². The Labute approximate surface area is 106 Å². The molecule has 0 radical (unpaired) electrons. The van der Waals surface area contributed by atoms with Gasteiger partial charge in [-0.05, 0) is 42.9 Å². The largest absolute Gasteiger partial charge is 0.309 e. The number of hydrogen-bond acceptors (Lipinski definition) is 2. The van der Waals surface area contributed by atoms with E-state index in [0.717, 1.165) is 12.3 Å². The highest BCUT2D eigenvalue weighted by Crippen LogP contribution is 2.22. The van der Waals surface area contributed by atoms with Crippen molar-refractivity contribution in [3.8, 4) is 0 Å². The minimum Gasteiger partial charge on any atom is -0.309 e. The molecule has 0 aromatic heterocycles. The van der Waals surface area contributed by atoms with Gasteiger partial charge in [-0.2, -0.15) is 0 Å². The summed E-state index contributed by atoms with van der Waals surface area (Å²) >= 11 is 0. The smallest absolute Gasteiger partial charge is 0.0383 e. The Hall–Kier alpha value is -0.670. The van der Waals surface area contributed by atoms with Crippen LogP contribution < -0.4 is 5.32 Å². The molecule has 0 bridgehead atoms. The first-order valence-electron chi connectivity index (χ1n) is 6.29. The monoisotopic (exact) mass is 251 g/mol. The van der Waals surface area contributed by atoms with E-state index in [-0.39, 0.29) is 0 Å². The van der Waals surface area contributed by atoms with Crippen LogP contribution in [0.5, 0.6) is 0 Å². The molecule has 17 heavy (non-hydrogen) atoms. The lowest BCUT2D eigenvalue weighted by molar-refractivity contribution is 0.587. The lowest BCUT2D eigenvalue weighted by Crippen LogP contribution is -2.30. The third-order valence-corrected chi connectivity index (χ3v) is 4.27. The fourth-order valence-electron chi connectivity index (χ4n) is 2.44. The van der Waals surface area contributed by atoms with E-state index in [1.54, 1.807) is 6.26 Å². The number of rotatable bonds is 5. The summed E-state index contributed by atoms with van der Waals surface area (Å²) in [6.45, 7) is 2.97. The van der Waals surface area contributed by atoms with Gasteiger partial charge in [-0.25, -0.2) is 0 Å². The quantitative estimate of drug-likeness (QED) is 0.867. The van der Waals surface area contributed by atoms with Crippen LogP contribution in [0.4, 0.5) is 0 Å². The lowest BCUT2D eigenvalue weighted by atomic mass is 10.1. The van der Waals surface area contributed by atoms with Gasteiger partial charge in [0.25, 0.3) is 0 Å². The second-order valence-corrected chi connectivity index (χ2v) is 6.46. The number of aryl methyl sites for hydroxylation is 2. The molecule has 2 rings (SSSR count). The molecular weight excluding hydrogens is 230 g/mol. The SMILES string of the molecule is CC(CS(C)=O)NCc1ccc2c(c1)CCC2. The van der Waals surface area contributed by atoms with Gasteiger partial charge in [0.15, 0.2) is 0 Å². The zero-order valence-electron chi connectivity index (χ0n) is 10.7. The average molecular weight is 251 g/mol. The van der Waals surface area contributed by atoms with Crippen molar-refractivity contribution in [2.24, 2.45) is 0 Å². The minimum absolute atomic E-state index is 0.314. The molecule has 1 aliphatic carbocycles. The standard InChI is InChI=1S/C14H21NOS/c1-11(10-17(2)16)15-9-12-6-7-13-4-3-5-14(13)8-12/h6-8,11,15H,3-5,9-10H2,1-2H3. The summed E-state index contributed by atoms with van der Waals surface area (Å²) in [5, 5.41) is 3.43. The molecule has 0 saturated heterocycles. The van der Waals surface area contributed by atoms with E-state index >= 15 is 0 Å². The van der Waals surface area contributed by atoms with Crippen LogP contribution in [0.15, 0.2) is 18.2 Å². The van der Waals surface area contributed by atoms with Gasteiger partial charge >= 0.3 is 0 Å². The molecule has 1 aromatic rings. The summed E-state index contributed by atoms with van der Waals surface area (Å²) in [6.07, 6.45) is 5.54. The van der Waals surface area contributed by atoms with Crippen LogP contribution in [0.3, 0.4) is 0 Å². The highest BCUT2D eigenvalue weighted by molar-refractivity contribution is 7.84. The fraction of sp³-hybridized carbons (Fsp3) is 0.571. The highest BCUT2D eigenvalue weighted by atomic mass is 32.2. The van der Waals surface area contributed by atoms with E-state index in [1.807, 2.05) is 0 Å². The first kappa shape index (κ1) is 12.8. The number of nitrogens with one attached hydrogen (secondary N) is 1. The van der Waals surface area contributed by atoms with E-state index in [0.29, 0.717) is 6.04 Å². The first-order chi connectivity index (χ1) is 8.15. The Morgan fingerprint density at radius 2 is 2.12 bits per heavy atom. The van der Waals surface area contributed by atoms with E-state index in [4.69, 9.17) is 0 Å². The van der Waals surface area contributed by atoms with Crippen molar-refractivity contribution in [1.82, 2.24) is 5.32 Å². The van der Waals surface area contributed by atoms with Crippen molar-refractivity contribution in [2.45, 2.75) is 38.8 Å². The number of benzene rings is 1. The van der Waals surface area contributed by atoms with Crippen molar-refractivity contribution < 1.29 is 4.21 Å². The van der Waals surface area contributed by atoms with Gasteiger partial charge in [-0.15, -0.1) is 0 Å². The Bertz CT molecular complexity index is 417. The van der Waals surface area contributed by atoms with Gasteiger partial charge in [0.1, 0.15) is 0 Å². The fourth-order valence-corrected chi connectivity index (χ4v) is 3.26. The van der Waals surface area contributed by atoms with Crippen molar-refractivity contribution >= 4 is 10.8 Å². The summed E-state index contributed by atoms with van der Waals surface area (Å²) in [4.78, 5) is 0. The van der Waals surface area contributed by atoms with Crippen molar-refractivity contribution in [3.63, 3.8) is 0 Å². The van der Waals surface area contributed by atoms with Gasteiger partial charge in [0.2, 0.25) is 0 Å². The van der Waals surface area contributed by atoms with Crippen LogP contribution in [-0.2, 0) is 30.2 Å². The Kier molecular flexibility index (Phi) is 4.35. The zero-order valence-corrected chi connectivity index (χ0v) is 11.5. The molecule has 0 fully saturated rings. The molecule has 3 heteroatoms. The third kappa shape index (κ3) is 3.65. The number of fused-ring (bicyclic) bond motifs is 1. The topological polar surface area (TPSA) is 29.1 Å². The molecule has 2 atom stereocenters. The van der Waals surface area contributed by atoms with Gasteiger partial charge in [0, 0.05) is 35.4 Å². The van der Waals surface area contributed by atoms with Gasteiger partial charge < -0.3 is 5.32 Å². The predicted octanol–water partition coefficient (Wildman–Crippen LogP) is 2.03. The molecule has 0 aliphatic heterocycles. The average Bonchev–Trinajstić information content (AvgIpc) is 2.72. The van der Waals surface area contributed by atoms with Gasteiger partial charge in [-0.1, -0.05) is 18.2 Å². The number of hydrogen-bond donors (Lipinski definition) is 1. The van der Waals surface area contributed by atoms with E-state index in [1.165, 1.54) is 36.0 Å².